The lowest BCUT2D eigenvalue weighted by atomic mass is 10.2. The first-order chi connectivity index (χ1) is 13.8. The molecule has 0 saturated carbocycles. The molecule has 1 aromatic rings. The van der Waals surface area contributed by atoms with Gasteiger partial charge in [0.1, 0.15) is 0 Å². The number of aliphatic imine (C=N–C) groups is 1. The van der Waals surface area contributed by atoms with Crippen molar-refractivity contribution in [3.8, 4) is 0 Å². The van der Waals surface area contributed by atoms with Crippen LogP contribution in [-0.2, 0) is 16.1 Å². The number of nitrogens with zero attached hydrogens (tertiary/aromatic N) is 4. The summed E-state index contributed by atoms with van der Waals surface area (Å²) in [5.74, 6) is 0.697. The van der Waals surface area contributed by atoms with Crippen LogP contribution in [0.1, 0.15) is 26.3 Å². The molecule has 0 aliphatic rings. The molecule has 2 N–H and O–H groups in total. The molecule has 0 spiro atoms. The number of hydrogen-bond acceptors (Lipinski definition) is 4. The topological polar surface area (TPSA) is 80.3 Å². The van der Waals surface area contributed by atoms with Crippen molar-refractivity contribution in [2.24, 2.45) is 4.99 Å². The quantitative estimate of drug-likeness (QED) is 0.456. The zero-order valence-electron chi connectivity index (χ0n) is 18.7. The second kappa shape index (κ2) is 12.8. The third-order valence-electron chi connectivity index (χ3n) is 4.27. The Morgan fingerprint density at radius 1 is 1.03 bits per heavy atom. The van der Waals surface area contributed by atoms with Gasteiger partial charge >= 0.3 is 0 Å². The largest absolute Gasteiger partial charge is 0.357 e. The lowest BCUT2D eigenvalue weighted by Crippen LogP contribution is -2.45. The summed E-state index contributed by atoms with van der Waals surface area (Å²) in [4.78, 5) is 34.5. The van der Waals surface area contributed by atoms with E-state index in [9.17, 15) is 9.59 Å². The van der Waals surface area contributed by atoms with Crippen molar-refractivity contribution in [1.82, 2.24) is 20.0 Å². The van der Waals surface area contributed by atoms with Crippen molar-refractivity contribution < 1.29 is 9.59 Å². The first-order valence-electron chi connectivity index (χ1n) is 10.1. The molecule has 0 aliphatic carbocycles. The third kappa shape index (κ3) is 8.95. The zero-order valence-corrected chi connectivity index (χ0v) is 18.7. The van der Waals surface area contributed by atoms with E-state index in [0.29, 0.717) is 38.7 Å². The third-order valence-corrected chi connectivity index (χ3v) is 4.27. The molecule has 0 bridgehead atoms. The maximum Gasteiger partial charge on any atom is 0.242 e. The van der Waals surface area contributed by atoms with Gasteiger partial charge in [-0.2, -0.15) is 0 Å². The van der Waals surface area contributed by atoms with Gasteiger partial charge in [0.05, 0.1) is 19.6 Å². The smallest absolute Gasteiger partial charge is 0.242 e. The van der Waals surface area contributed by atoms with Crippen molar-refractivity contribution >= 4 is 23.5 Å². The molecule has 8 nitrogen and oxygen atoms in total. The standard InChI is InChI=1S/C21H36N6O2/c1-7-22-21(26(6)16-20(29)27(8-2)9-3)23-14-17-11-10-12-18(13-17)24-19(28)15-25(4)5/h10-13H,7-9,14-16H2,1-6H3,(H,22,23)(H,24,28). The van der Waals surface area contributed by atoms with Crippen molar-refractivity contribution in [3.63, 3.8) is 0 Å². The fraction of sp³-hybridized carbons (Fsp3) is 0.571. The summed E-state index contributed by atoms with van der Waals surface area (Å²) >= 11 is 0. The van der Waals surface area contributed by atoms with Gasteiger partial charge in [0, 0.05) is 32.4 Å². The number of nitrogens with one attached hydrogen (secondary N) is 2. The maximum absolute atomic E-state index is 12.4. The van der Waals surface area contributed by atoms with E-state index in [-0.39, 0.29) is 18.4 Å². The molecule has 0 radical (unpaired) electrons. The number of rotatable bonds is 10. The summed E-state index contributed by atoms with van der Waals surface area (Å²) < 4.78 is 0. The van der Waals surface area contributed by atoms with Crippen LogP contribution in [-0.4, -0.2) is 86.3 Å². The van der Waals surface area contributed by atoms with Crippen molar-refractivity contribution in [3.05, 3.63) is 29.8 Å². The zero-order chi connectivity index (χ0) is 21.8. The molecule has 162 valence electrons. The molecule has 0 aliphatic heterocycles. The number of carbonyl (C=O) groups is 2. The molecule has 0 heterocycles. The van der Waals surface area contributed by atoms with Crippen LogP contribution in [0, 0.1) is 0 Å². The van der Waals surface area contributed by atoms with E-state index in [1.807, 2.05) is 76.0 Å². The summed E-state index contributed by atoms with van der Waals surface area (Å²) in [6.07, 6.45) is 0. The van der Waals surface area contributed by atoms with Gasteiger partial charge < -0.3 is 25.3 Å². The SMILES string of the molecule is CCNC(=NCc1cccc(NC(=O)CN(C)C)c1)N(C)CC(=O)N(CC)CC. The summed E-state index contributed by atoms with van der Waals surface area (Å²) in [6, 6.07) is 7.65. The molecule has 0 fully saturated rings. The molecule has 2 amide bonds. The van der Waals surface area contributed by atoms with E-state index in [0.717, 1.165) is 11.3 Å². The van der Waals surface area contributed by atoms with Crippen LogP contribution in [0.15, 0.2) is 29.3 Å². The van der Waals surface area contributed by atoms with E-state index in [2.05, 4.69) is 15.6 Å². The second-order valence-corrected chi connectivity index (χ2v) is 7.08. The summed E-state index contributed by atoms with van der Waals surface area (Å²) in [6.45, 7) is 9.11. The lowest BCUT2D eigenvalue weighted by molar-refractivity contribution is -0.131. The van der Waals surface area contributed by atoms with Crippen LogP contribution in [0.2, 0.25) is 0 Å². The van der Waals surface area contributed by atoms with Crippen LogP contribution in [0.3, 0.4) is 0 Å². The number of benzene rings is 1. The van der Waals surface area contributed by atoms with Gasteiger partial charge in [-0.15, -0.1) is 0 Å². The van der Waals surface area contributed by atoms with Crippen LogP contribution < -0.4 is 10.6 Å². The first-order valence-corrected chi connectivity index (χ1v) is 10.1. The molecule has 8 heteroatoms. The van der Waals surface area contributed by atoms with Gasteiger partial charge in [0.15, 0.2) is 5.96 Å². The van der Waals surface area contributed by atoms with Crippen LogP contribution >= 0.6 is 0 Å². The predicted molar refractivity (Wildman–Crippen MR) is 119 cm³/mol. The van der Waals surface area contributed by atoms with E-state index >= 15 is 0 Å². The minimum Gasteiger partial charge on any atom is -0.357 e. The fourth-order valence-electron chi connectivity index (χ4n) is 2.83. The highest BCUT2D eigenvalue weighted by Gasteiger charge is 2.15. The van der Waals surface area contributed by atoms with Crippen LogP contribution in [0.4, 0.5) is 5.69 Å². The molecule has 0 saturated heterocycles. The Morgan fingerprint density at radius 2 is 1.72 bits per heavy atom. The Labute approximate surface area is 175 Å². The molecule has 0 atom stereocenters. The number of guanidine groups is 1. The highest BCUT2D eigenvalue weighted by molar-refractivity contribution is 5.92. The molecule has 29 heavy (non-hydrogen) atoms. The monoisotopic (exact) mass is 404 g/mol. The average molecular weight is 405 g/mol. The van der Waals surface area contributed by atoms with Crippen molar-refractivity contribution in [2.75, 3.05) is 59.2 Å². The van der Waals surface area contributed by atoms with E-state index < -0.39 is 0 Å². The minimum atomic E-state index is -0.0568. The van der Waals surface area contributed by atoms with Gasteiger partial charge in [-0.3, -0.25) is 9.59 Å². The normalized spacial score (nSPS) is 11.3. The lowest BCUT2D eigenvalue weighted by Gasteiger charge is -2.25. The van der Waals surface area contributed by atoms with Crippen molar-refractivity contribution in [1.29, 1.82) is 0 Å². The summed E-state index contributed by atoms with van der Waals surface area (Å²) in [5, 5.41) is 6.13. The summed E-state index contributed by atoms with van der Waals surface area (Å²) in [5.41, 5.74) is 1.73. The van der Waals surface area contributed by atoms with E-state index in [1.54, 1.807) is 4.90 Å². The molecule has 0 unspecified atom stereocenters. The Kier molecular flexibility index (Phi) is 10.8. The molecular weight excluding hydrogens is 368 g/mol. The number of anilines is 1. The Morgan fingerprint density at radius 3 is 2.31 bits per heavy atom. The highest BCUT2D eigenvalue weighted by atomic mass is 16.2. The van der Waals surface area contributed by atoms with E-state index in [4.69, 9.17) is 0 Å². The van der Waals surface area contributed by atoms with Crippen LogP contribution in [0.25, 0.3) is 0 Å². The van der Waals surface area contributed by atoms with Gasteiger partial charge in [0.25, 0.3) is 0 Å². The predicted octanol–water partition coefficient (Wildman–Crippen LogP) is 1.45. The molecule has 1 rings (SSSR count). The number of hydrogen-bond donors (Lipinski definition) is 2. The number of amides is 2. The second-order valence-electron chi connectivity index (χ2n) is 7.08. The van der Waals surface area contributed by atoms with Gasteiger partial charge in [0.2, 0.25) is 11.8 Å². The van der Waals surface area contributed by atoms with E-state index in [1.165, 1.54) is 0 Å². The summed E-state index contributed by atoms with van der Waals surface area (Å²) in [7, 11) is 5.57. The Hall–Kier alpha value is -2.61. The van der Waals surface area contributed by atoms with Crippen LogP contribution in [0.5, 0.6) is 0 Å². The molecule has 0 aromatic heterocycles. The van der Waals surface area contributed by atoms with Gasteiger partial charge in [-0.1, -0.05) is 12.1 Å². The fourth-order valence-corrected chi connectivity index (χ4v) is 2.83. The number of carbonyl (C=O) groups excluding carboxylic acids is 2. The Balaban J connectivity index is 2.81. The van der Waals surface area contributed by atoms with Crippen molar-refractivity contribution in [2.45, 2.75) is 27.3 Å². The molecular formula is C21H36N6O2. The molecule has 1 aromatic carbocycles. The van der Waals surface area contributed by atoms with Gasteiger partial charge in [-0.05, 0) is 52.6 Å². The average Bonchev–Trinajstić information content (AvgIpc) is 2.65. The van der Waals surface area contributed by atoms with Gasteiger partial charge in [-0.25, -0.2) is 4.99 Å². The highest BCUT2D eigenvalue weighted by Crippen LogP contribution is 2.12. The Bertz CT molecular complexity index is 686. The maximum atomic E-state index is 12.4. The number of likely N-dealkylation sites (N-methyl/N-ethyl adjacent to an activating group) is 3. The first kappa shape index (κ1) is 24.4. The minimum absolute atomic E-state index is 0.0568.